The Balaban J connectivity index is 4.24. The molecular formula is C12H24O5Si. The van der Waals surface area contributed by atoms with Gasteiger partial charge in [-0.15, -0.1) is 0 Å². The maximum atomic E-state index is 10.3. The number of unbranched alkanes of at least 4 members (excludes halogenated alkanes) is 1. The highest BCUT2D eigenvalue weighted by Gasteiger charge is 2.39. The van der Waals surface area contributed by atoms with Crippen LogP contribution < -0.4 is 0 Å². The minimum absolute atomic E-state index is 0.567. The van der Waals surface area contributed by atoms with E-state index >= 15 is 0 Å². The Morgan fingerprint density at radius 2 is 1.61 bits per heavy atom. The molecule has 0 atom stereocenters. The maximum Gasteiger partial charge on any atom is 0.500 e. The minimum atomic E-state index is -2.55. The SMILES string of the molecule is CCO[Si](CCCC=CC(=O)O)(OCC)OCC. The molecule has 0 heterocycles. The summed E-state index contributed by atoms with van der Waals surface area (Å²) in [7, 11) is -2.55. The molecule has 0 radical (unpaired) electrons. The Hall–Kier alpha value is -0.693. The monoisotopic (exact) mass is 276 g/mol. The van der Waals surface area contributed by atoms with Crippen molar-refractivity contribution < 1.29 is 23.2 Å². The molecule has 1 N–H and O–H groups in total. The quantitative estimate of drug-likeness (QED) is 0.357. The summed E-state index contributed by atoms with van der Waals surface area (Å²) in [5, 5.41) is 8.47. The first kappa shape index (κ1) is 17.3. The second kappa shape index (κ2) is 10.2. The van der Waals surface area contributed by atoms with Gasteiger partial charge in [0.05, 0.1) is 0 Å². The molecule has 106 valence electrons. The zero-order chi connectivity index (χ0) is 13.9. The molecule has 0 saturated heterocycles. The Bertz CT molecular complexity index is 238. The fourth-order valence-corrected chi connectivity index (χ4v) is 4.26. The second-order valence-corrected chi connectivity index (χ2v) is 6.35. The molecule has 0 aromatic carbocycles. The lowest BCUT2D eigenvalue weighted by molar-refractivity contribution is -0.131. The number of allylic oxidation sites excluding steroid dienone is 1. The van der Waals surface area contributed by atoms with Crippen LogP contribution in [0, 0.1) is 0 Å². The van der Waals surface area contributed by atoms with Gasteiger partial charge in [0.15, 0.2) is 0 Å². The largest absolute Gasteiger partial charge is 0.500 e. The van der Waals surface area contributed by atoms with E-state index < -0.39 is 14.8 Å². The Kier molecular flexibility index (Phi) is 9.86. The van der Waals surface area contributed by atoms with Crippen LogP contribution in [0.15, 0.2) is 12.2 Å². The molecule has 0 bridgehead atoms. The summed E-state index contributed by atoms with van der Waals surface area (Å²) in [6, 6.07) is 0.715. The van der Waals surface area contributed by atoms with Crippen LogP contribution in [0.5, 0.6) is 0 Å². The number of aliphatic carboxylic acids is 1. The van der Waals surface area contributed by atoms with Crippen molar-refractivity contribution in [2.24, 2.45) is 0 Å². The van der Waals surface area contributed by atoms with Gasteiger partial charge in [0.25, 0.3) is 0 Å². The number of hydrogen-bond donors (Lipinski definition) is 1. The zero-order valence-corrected chi connectivity index (χ0v) is 12.5. The van der Waals surface area contributed by atoms with Gasteiger partial charge in [0.2, 0.25) is 0 Å². The van der Waals surface area contributed by atoms with E-state index in [-0.39, 0.29) is 0 Å². The predicted molar refractivity (Wildman–Crippen MR) is 71.4 cm³/mol. The maximum absolute atomic E-state index is 10.3. The standard InChI is InChI=1S/C12H24O5Si/c1-4-15-18(16-5-2,17-6-3)11-9-7-8-10-12(13)14/h8,10H,4-7,9,11H2,1-3H3,(H,13,14). The fourth-order valence-electron chi connectivity index (χ4n) is 1.62. The smallest absolute Gasteiger partial charge is 0.478 e. The lowest BCUT2D eigenvalue weighted by Crippen LogP contribution is -2.45. The minimum Gasteiger partial charge on any atom is -0.478 e. The topological polar surface area (TPSA) is 65.0 Å². The van der Waals surface area contributed by atoms with Crippen molar-refractivity contribution in [2.75, 3.05) is 19.8 Å². The Morgan fingerprint density at radius 3 is 2.00 bits per heavy atom. The van der Waals surface area contributed by atoms with Crippen molar-refractivity contribution in [3.05, 3.63) is 12.2 Å². The number of carboxylic acids is 1. The van der Waals surface area contributed by atoms with E-state index in [9.17, 15) is 4.79 Å². The van der Waals surface area contributed by atoms with Gasteiger partial charge in [-0.2, -0.15) is 0 Å². The van der Waals surface area contributed by atoms with Crippen LogP contribution in [-0.4, -0.2) is 39.7 Å². The van der Waals surface area contributed by atoms with Crippen molar-refractivity contribution >= 4 is 14.8 Å². The van der Waals surface area contributed by atoms with E-state index in [1.807, 2.05) is 20.8 Å². The molecule has 0 spiro atoms. The summed E-state index contributed by atoms with van der Waals surface area (Å²) in [6.45, 7) is 7.46. The summed E-state index contributed by atoms with van der Waals surface area (Å²) in [4.78, 5) is 10.3. The van der Waals surface area contributed by atoms with E-state index in [1.165, 1.54) is 0 Å². The van der Waals surface area contributed by atoms with Crippen molar-refractivity contribution in [3.63, 3.8) is 0 Å². The number of carboxylic acid groups (broad SMARTS) is 1. The molecule has 6 heteroatoms. The molecule has 0 amide bonds. The molecule has 0 rings (SSSR count). The highest BCUT2D eigenvalue weighted by Crippen LogP contribution is 2.19. The molecule has 0 saturated carbocycles. The molecule has 0 unspecified atom stereocenters. The normalized spacial score (nSPS) is 12.2. The highest BCUT2D eigenvalue weighted by molar-refractivity contribution is 6.60. The van der Waals surface area contributed by atoms with Crippen LogP contribution in [0.3, 0.4) is 0 Å². The summed E-state index contributed by atoms with van der Waals surface area (Å²) in [5.74, 6) is -0.919. The molecule has 0 aromatic heterocycles. The van der Waals surface area contributed by atoms with Crippen LogP contribution in [0.4, 0.5) is 0 Å². The van der Waals surface area contributed by atoms with E-state index in [2.05, 4.69) is 0 Å². The van der Waals surface area contributed by atoms with Crippen LogP contribution in [0.25, 0.3) is 0 Å². The van der Waals surface area contributed by atoms with Gasteiger partial charge in [-0.3, -0.25) is 0 Å². The molecule has 0 aliphatic rings. The van der Waals surface area contributed by atoms with Crippen molar-refractivity contribution in [1.29, 1.82) is 0 Å². The highest BCUT2D eigenvalue weighted by atomic mass is 28.4. The Morgan fingerprint density at radius 1 is 1.11 bits per heavy atom. The summed E-state index contributed by atoms with van der Waals surface area (Å²) in [6.07, 6.45) is 4.29. The van der Waals surface area contributed by atoms with Gasteiger partial charge in [0, 0.05) is 31.9 Å². The molecule has 5 nitrogen and oxygen atoms in total. The molecule has 18 heavy (non-hydrogen) atoms. The lowest BCUT2D eigenvalue weighted by Gasteiger charge is -2.28. The first-order chi connectivity index (χ1) is 8.60. The van der Waals surface area contributed by atoms with Crippen molar-refractivity contribution in [2.45, 2.75) is 39.7 Å². The third-order valence-corrected chi connectivity index (χ3v) is 5.36. The average molecular weight is 276 g/mol. The third kappa shape index (κ3) is 7.60. The first-order valence-electron chi connectivity index (χ1n) is 6.41. The van der Waals surface area contributed by atoms with E-state index in [4.69, 9.17) is 18.4 Å². The molecule has 0 aliphatic carbocycles. The predicted octanol–water partition coefficient (Wildman–Crippen LogP) is 2.46. The fraction of sp³-hybridized carbons (Fsp3) is 0.750. The van der Waals surface area contributed by atoms with Gasteiger partial charge >= 0.3 is 14.8 Å². The second-order valence-electron chi connectivity index (χ2n) is 3.61. The first-order valence-corrected chi connectivity index (χ1v) is 8.34. The van der Waals surface area contributed by atoms with E-state index in [0.29, 0.717) is 32.3 Å². The molecule has 0 aromatic rings. The number of hydrogen-bond acceptors (Lipinski definition) is 4. The van der Waals surface area contributed by atoms with Crippen LogP contribution in [0.2, 0.25) is 6.04 Å². The van der Waals surface area contributed by atoms with Crippen LogP contribution in [-0.2, 0) is 18.1 Å². The Labute approximate surface area is 110 Å². The summed E-state index contributed by atoms with van der Waals surface area (Å²) >= 11 is 0. The van der Waals surface area contributed by atoms with Gasteiger partial charge in [-0.05, 0) is 33.6 Å². The molecule has 0 fully saturated rings. The van der Waals surface area contributed by atoms with E-state index in [1.54, 1.807) is 6.08 Å². The van der Waals surface area contributed by atoms with Gasteiger partial charge in [-0.25, -0.2) is 4.79 Å². The summed E-state index contributed by atoms with van der Waals surface area (Å²) in [5.41, 5.74) is 0. The number of rotatable bonds is 11. The van der Waals surface area contributed by atoms with Gasteiger partial charge in [-0.1, -0.05) is 6.08 Å². The average Bonchev–Trinajstić information content (AvgIpc) is 2.29. The van der Waals surface area contributed by atoms with Crippen molar-refractivity contribution in [3.8, 4) is 0 Å². The lowest BCUT2D eigenvalue weighted by atomic mass is 10.3. The third-order valence-electron chi connectivity index (χ3n) is 2.21. The number of carbonyl (C=O) groups is 1. The molecular weight excluding hydrogens is 252 g/mol. The zero-order valence-electron chi connectivity index (χ0n) is 11.5. The van der Waals surface area contributed by atoms with Crippen LogP contribution in [0.1, 0.15) is 33.6 Å². The van der Waals surface area contributed by atoms with Crippen LogP contribution >= 0.6 is 0 Å². The molecule has 0 aliphatic heterocycles. The van der Waals surface area contributed by atoms with E-state index in [0.717, 1.165) is 12.5 Å². The van der Waals surface area contributed by atoms with Gasteiger partial charge in [0.1, 0.15) is 0 Å². The van der Waals surface area contributed by atoms with Gasteiger partial charge < -0.3 is 18.4 Å². The summed E-state index contributed by atoms with van der Waals surface area (Å²) < 4.78 is 17.1. The van der Waals surface area contributed by atoms with Crippen molar-refractivity contribution in [1.82, 2.24) is 0 Å².